The van der Waals surface area contributed by atoms with E-state index in [2.05, 4.69) is 6.92 Å². The van der Waals surface area contributed by atoms with Gasteiger partial charge in [-0.15, -0.1) is 0 Å². The van der Waals surface area contributed by atoms with Gasteiger partial charge in [0.05, 0.1) is 0 Å². The predicted molar refractivity (Wildman–Crippen MR) is 64.2 cm³/mol. The molecule has 0 aliphatic carbocycles. The molecule has 16 heavy (non-hydrogen) atoms. The average molecular weight is 225 g/mol. The zero-order chi connectivity index (χ0) is 12.0. The number of nitrogens with zero attached hydrogens (tertiary/aromatic N) is 1. The minimum Gasteiger partial charge on any atom is -0.340 e. The summed E-state index contributed by atoms with van der Waals surface area (Å²) in [6.07, 6.45) is 6.52. The van der Waals surface area contributed by atoms with Gasteiger partial charge in [-0.05, 0) is 32.6 Å². The van der Waals surface area contributed by atoms with Gasteiger partial charge in [0.15, 0.2) is 0 Å². The maximum absolute atomic E-state index is 12.0. The van der Waals surface area contributed by atoms with Crippen molar-refractivity contribution in [1.29, 1.82) is 0 Å². The normalized spacial score (nSPS) is 20.9. The molecule has 1 aliphatic heterocycles. The van der Waals surface area contributed by atoms with Gasteiger partial charge in [0, 0.05) is 25.4 Å². The highest BCUT2D eigenvalue weighted by atomic mass is 16.2. The fourth-order valence-electron chi connectivity index (χ4n) is 2.39. The molecule has 0 aromatic carbocycles. The smallest absolute Gasteiger partial charge is 0.223 e. The van der Waals surface area contributed by atoms with E-state index < -0.39 is 0 Å². The lowest BCUT2D eigenvalue weighted by molar-refractivity contribution is -0.136. The Morgan fingerprint density at radius 2 is 2.00 bits per heavy atom. The number of hydrogen-bond acceptors (Lipinski definition) is 2. The molecular weight excluding hydrogens is 202 g/mol. The summed E-state index contributed by atoms with van der Waals surface area (Å²) >= 11 is 0. The van der Waals surface area contributed by atoms with Crippen molar-refractivity contribution >= 4 is 11.7 Å². The van der Waals surface area contributed by atoms with Crippen LogP contribution in [0, 0.1) is 0 Å². The highest BCUT2D eigenvalue weighted by molar-refractivity contribution is 5.83. The molecule has 3 nitrogen and oxygen atoms in total. The van der Waals surface area contributed by atoms with Crippen molar-refractivity contribution in [2.75, 3.05) is 6.54 Å². The summed E-state index contributed by atoms with van der Waals surface area (Å²) < 4.78 is 0. The third kappa shape index (κ3) is 3.95. The van der Waals surface area contributed by atoms with Crippen LogP contribution >= 0.6 is 0 Å². The number of Topliss-reactive ketones (excluding diaryl/α,β-unsaturated/α-hetero) is 1. The van der Waals surface area contributed by atoms with Gasteiger partial charge in [-0.25, -0.2) is 0 Å². The molecule has 1 aliphatic rings. The number of likely N-dealkylation sites (tertiary alicyclic amines) is 1. The number of piperidine rings is 1. The summed E-state index contributed by atoms with van der Waals surface area (Å²) in [5.41, 5.74) is 0. The highest BCUT2D eigenvalue weighted by Gasteiger charge is 2.25. The molecule has 1 amide bonds. The van der Waals surface area contributed by atoms with E-state index >= 15 is 0 Å². The van der Waals surface area contributed by atoms with Crippen LogP contribution in [0.4, 0.5) is 0 Å². The number of ketones is 1. The Bertz CT molecular complexity index is 248. The SMILES string of the molecule is CCCC1CCCCN1C(=O)CCC(C)=O. The van der Waals surface area contributed by atoms with E-state index in [9.17, 15) is 9.59 Å². The maximum atomic E-state index is 12.0. The first-order valence-corrected chi connectivity index (χ1v) is 6.44. The Labute approximate surface area is 98.2 Å². The molecule has 1 rings (SSSR count). The molecule has 1 heterocycles. The number of carbonyl (C=O) groups excluding carboxylic acids is 2. The number of rotatable bonds is 5. The molecule has 0 saturated carbocycles. The Hall–Kier alpha value is -0.860. The zero-order valence-electron chi connectivity index (χ0n) is 10.5. The van der Waals surface area contributed by atoms with Crippen LogP contribution in [-0.2, 0) is 9.59 Å². The summed E-state index contributed by atoms with van der Waals surface area (Å²) in [5.74, 6) is 0.283. The fraction of sp³-hybridized carbons (Fsp3) is 0.846. The van der Waals surface area contributed by atoms with E-state index in [1.54, 1.807) is 6.92 Å². The van der Waals surface area contributed by atoms with Crippen molar-refractivity contribution in [3.8, 4) is 0 Å². The molecular formula is C13H23NO2. The molecule has 0 spiro atoms. The van der Waals surface area contributed by atoms with Crippen molar-refractivity contribution in [3.63, 3.8) is 0 Å². The number of carbonyl (C=O) groups is 2. The lowest BCUT2D eigenvalue weighted by Gasteiger charge is -2.35. The van der Waals surface area contributed by atoms with Crippen molar-refractivity contribution < 1.29 is 9.59 Å². The molecule has 3 heteroatoms. The van der Waals surface area contributed by atoms with Crippen LogP contribution in [0.2, 0.25) is 0 Å². The van der Waals surface area contributed by atoms with Gasteiger partial charge in [-0.1, -0.05) is 13.3 Å². The van der Waals surface area contributed by atoms with Gasteiger partial charge in [-0.2, -0.15) is 0 Å². The average Bonchev–Trinajstić information content (AvgIpc) is 2.27. The fourth-order valence-corrected chi connectivity index (χ4v) is 2.39. The minimum absolute atomic E-state index is 0.109. The molecule has 0 N–H and O–H groups in total. The minimum atomic E-state index is 0.109. The number of hydrogen-bond donors (Lipinski definition) is 0. The molecule has 92 valence electrons. The quantitative estimate of drug-likeness (QED) is 0.721. The van der Waals surface area contributed by atoms with Crippen LogP contribution in [0.1, 0.15) is 58.8 Å². The molecule has 0 aromatic heterocycles. The Morgan fingerprint density at radius 3 is 2.62 bits per heavy atom. The standard InChI is InChI=1S/C13H23NO2/c1-3-6-12-7-4-5-10-14(12)13(16)9-8-11(2)15/h12H,3-10H2,1-2H3. The van der Waals surface area contributed by atoms with E-state index in [1.807, 2.05) is 4.90 Å². The Kier molecular flexibility index (Phi) is 5.50. The van der Waals surface area contributed by atoms with Crippen LogP contribution in [-0.4, -0.2) is 29.2 Å². The van der Waals surface area contributed by atoms with E-state index in [1.165, 1.54) is 6.42 Å². The summed E-state index contributed by atoms with van der Waals surface area (Å²) in [6, 6.07) is 0.429. The number of amides is 1. The van der Waals surface area contributed by atoms with Gasteiger partial charge in [-0.3, -0.25) is 4.79 Å². The molecule has 1 saturated heterocycles. The third-order valence-corrected chi connectivity index (χ3v) is 3.26. The second kappa shape index (κ2) is 6.66. The molecule has 0 bridgehead atoms. The van der Waals surface area contributed by atoms with Crippen LogP contribution < -0.4 is 0 Å². The van der Waals surface area contributed by atoms with Crippen molar-refractivity contribution in [2.45, 2.75) is 64.8 Å². The van der Waals surface area contributed by atoms with E-state index in [0.717, 1.165) is 32.2 Å². The molecule has 0 aromatic rings. The topological polar surface area (TPSA) is 37.4 Å². The lowest BCUT2D eigenvalue weighted by atomic mass is 9.97. The largest absolute Gasteiger partial charge is 0.340 e. The van der Waals surface area contributed by atoms with Gasteiger partial charge in [0.25, 0.3) is 0 Å². The Balaban J connectivity index is 2.46. The summed E-state index contributed by atoms with van der Waals surface area (Å²) in [5, 5.41) is 0. The second-order valence-corrected chi connectivity index (χ2v) is 4.73. The molecule has 1 atom stereocenters. The van der Waals surface area contributed by atoms with Gasteiger partial charge >= 0.3 is 0 Å². The van der Waals surface area contributed by atoms with E-state index in [-0.39, 0.29) is 11.7 Å². The van der Waals surface area contributed by atoms with Crippen molar-refractivity contribution in [2.24, 2.45) is 0 Å². The van der Waals surface area contributed by atoms with E-state index in [4.69, 9.17) is 0 Å². The third-order valence-electron chi connectivity index (χ3n) is 3.26. The van der Waals surface area contributed by atoms with Crippen molar-refractivity contribution in [3.05, 3.63) is 0 Å². The first kappa shape index (κ1) is 13.2. The monoisotopic (exact) mass is 225 g/mol. The predicted octanol–water partition coefficient (Wildman–Crippen LogP) is 2.54. The maximum Gasteiger partial charge on any atom is 0.223 e. The van der Waals surface area contributed by atoms with Crippen LogP contribution in [0.25, 0.3) is 0 Å². The molecule has 0 radical (unpaired) electrons. The summed E-state index contributed by atoms with van der Waals surface area (Å²) in [7, 11) is 0. The van der Waals surface area contributed by atoms with Gasteiger partial charge in [0.2, 0.25) is 5.91 Å². The lowest BCUT2D eigenvalue weighted by Crippen LogP contribution is -2.43. The summed E-state index contributed by atoms with van der Waals surface area (Å²) in [4.78, 5) is 24.8. The van der Waals surface area contributed by atoms with Gasteiger partial charge in [0.1, 0.15) is 5.78 Å². The van der Waals surface area contributed by atoms with Crippen LogP contribution in [0.5, 0.6) is 0 Å². The van der Waals surface area contributed by atoms with Crippen LogP contribution in [0.3, 0.4) is 0 Å². The Morgan fingerprint density at radius 1 is 1.25 bits per heavy atom. The zero-order valence-corrected chi connectivity index (χ0v) is 10.5. The highest BCUT2D eigenvalue weighted by Crippen LogP contribution is 2.21. The first-order valence-electron chi connectivity index (χ1n) is 6.44. The van der Waals surface area contributed by atoms with E-state index in [0.29, 0.717) is 18.9 Å². The van der Waals surface area contributed by atoms with Gasteiger partial charge < -0.3 is 9.69 Å². The summed E-state index contributed by atoms with van der Waals surface area (Å²) in [6.45, 7) is 4.60. The van der Waals surface area contributed by atoms with Crippen molar-refractivity contribution in [1.82, 2.24) is 4.90 Å². The second-order valence-electron chi connectivity index (χ2n) is 4.73. The first-order chi connectivity index (χ1) is 7.65. The molecule has 1 fully saturated rings. The molecule has 1 unspecified atom stereocenters. The van der Waals surface area contributed by atoms with Crippen LogP contribution in [0.15, 0.2) is 0 Å².